The number of carbonyl (C=O) groups excluding carboxylic acids is 1. The zero-order valence-corrected chi connectivity index (χ0v) is 15.0. The quantitative estimate of drug-likeness (QED) is 0.808. The lowest BCUT2D eigenvalue weighted by atomic mass is 10.1. The number of nitrogens with zero attached hydrogens (tertiary/aromatic N) is 3. The summed E-state index contributed by atoms with van der Waals surface area (Å²) in [5, 5.41) is 5.80. The van der Waals surface area contributed by atoms with E-state index < -0.39 is 0 Å². The smallest absolute Gasteiger partial charge is 0.320 e. The lowest BCUT2D eigenvalue weighted by Crippen LogP contribution is -2.41. The first-order valence-electron chi connectivity index (χ1n) is 9.19. The van der Waals surface area contributed by atoms with Crippen molar-refractivity contribution in [2.45, 2.75) is 13.3 Å². The SMILES string of the molecule is Cc1cccnc1NC(=O)NCC1CCN(CCN2CCOCC2)C1. The van der Waals surface area contributed by atoms with E-state index in [9.17, 15) is 4.79 Å². The van der Waals surface area contributed by atoms with Gasteiger partial charge in [-0.05, 0) is 37.4 Å². The molecular formula is C18H29N5O2. The Kier molecular flexibility index (Phi) is 6.61. The maximum Gasteiger partial charge on any atom is 0.320 e. The molecule has 3 heterocycles. The normalized spacial score (nSPS) is 22.0. The van der Waals surface area contributed by atoms with E-state index in [1.54, 1.807) is 6.20 Å². The number of ether oxygens (including phenoxy) is 1. The maximum absolute atomic E-state index is 12.0. The average Bonchev–Trinajstić information content (AvgIpc) is 3.09. The van der Waals surface area contributed by atoms with E-state index in [0.29, 0.717) is 18.3 Å². The Bertz CT molecular complexity index is 562. The van der Waals surface area contributed by atoms with Crippen LogP contribution in [0.4, 0.5) is 10.6 Å². The molecule has 0 aromatic carbocycles. The molecule has 2 saturated heterocycles. The summed E-state index contributed by atoms with van der Waals surface area (Å²) in [6.07, 6.45) is 2.83. The van der Waals surface area contributed by atoms with Crippen LogP contribution >= 0.6 is 0 Å². The molecule has 1 aromatic heterocycles. The van der Waals surface area contributed by atoms with Crippen molar-refractivity contribution in [2.24, 2.45) is 5.92 Å². The van der Waals surface area contributed by atoms with E-state index in [1.807, 2.05) is 19.1 Å². The van der Waals surface area contributed by atoms with Crippen molar-refractivity contribution >= 4 is 11.8 Å². The van der Waals surface area contributed by atoms with Gasteiger partial charge in [0.25, 0.3) is 0 Å². The number of hydrogen-bond donors (Lipinski definition) is 2. The van der Waals surface area contributed by atoms with Crippen molar-refractivity contribution in [1.82, 2.24) is 20.1 Å². The molecule has 2 amide bonds. The summed E-state index contributed by atoms with van der Waals surface area (Å²) in [6, 6.07) is 3.63. The van der Waals surface area contributed by atoms with E-state index in [2.05, 4.69) is 25.4 Å². The van der Waals surface area contributed by atoms with Crippen LogP contribution in [-0.2, 0) is 4.74 Å². The number of likely N-dealkylation sites (tertiary alicyclic amines) is 1. The zero-order chi connectivity index (χ0) is 17.5. The summed E-state index contributed by atoms with van der Waals surface area (Å²) in [5.74, 6) is 1.15. The number of aryl methyl sites for hydroxylation is 1. The highest BCUT2D eigenvalue weighted by molar-refractivity contribution is 5.88. The molecule has 1 atom stereocenters. The van der Waals surface area contributed by atoms with Gasteiger partial charge in [-0.2, -0.15) is 0 Å². The number of carbonyl (C=O) groups is 1. The lowest BCUT2D eigenvalue weighted by Gasteiger charge is -2.28. The van der Waals surface area contributed by atoms with Crippen molar-refractivity contribution < 1.29 is 9.53 Å². The molecular weight excluding hydrogens is 318 g/mol. The number of urea groups is 1. The van der Waals surface area contributed by atoms with Gasteiger partial charge in [-0.3, -0.25) is 10.2 Å². The summed E-state index contributed by atoms with van der Waals surface area (Å²) >= 11 is 0. The van der Waals surface area contributed by atoms with Crippen LogP contribution < -0.4 is 10.6 Å². The van der Waals surface area contributed by atoms with Crippen LogP contribution in [0.3, 0.4) is 0 Å². The molecule has 0 spiro atoms. The number of pyridine rings is 1. The fourth-order valence-electron chi connectivity index (χ4n) is 3.40. The largest absolute Gasteiger partial charge is 0.379 e. The topological polar surface area (TPSA) is 69.7 Å². The fraction of sp³-hybridized carbons (Fsp3) is 0.667. The Labute approximate surface area is 149 Å². The number of morpholine rings is 1. The highest BCUT2D eigenvalue weighted by Gasteiger charge is 2.23. The Balaban J connectivity index is 1.32. The third-order valence-electron chi connectivity index (χ3n) is 5.00. The summed E-state index contributed by atoms with van der Waals surface area (Å²) < 4.78 is 5.39. The predicted molar refractivity (Wildman–Crippen MR) is 97.8 cm³/mol. The summed E-state index contributed by atoms with van der Waals surface area (Å²) in [5.41, 5.74) is 0.966. The average molecular weight is 347 g/mol. The maximum atomic E-state index is 12.0. The Morgan fingerprint density at radius 2 is 2.08 bits per heavy atom. The molecule has 3 rings (SSSR count). The minimum atomic E-state index is -0.173. The molecule has 7 heteroatoms. The molecule has 7 nitrogen and oxygen atoms in total. The second-order valence-electron chi connectivity index (χ2n) is 6.91. The van der Waals surface area contributed by atoms with Crippen molar-refractivity contribution in [3.8, 4) is 0 Å². The van der Waals surface area contributed by atoms with Crippen LogP contribution in [0.15, 0.2) is 18.3 Å². The molecule has 2 N–H and O–H groups in total. The van der Waals surface area contributed by atoms with Crippen molar-refractivity contribution in [2.75, 3.05) is 64.3 Å². The number of rotatable bonds is 6. The van der Waals surface area contributed by atoms with E-state index in [4.69, 9.17) is 4.74 Å². The second-order valence-corrected chi connectivity index (χ2v) is 6.91. The first-order chi connectivity index (χ1) is 12.2. The fourth-order valence-corrected chi connectivity index (χ4v) is 3.40. The van der Waals surface area contributed by atoms with Crippen LogP contribution in [0.25, 0.3) is 0 Å². The Morgan fingerprint density at radius 1 is 1.28 bits per heavy atom. The van der Waals surface area contributed by atoms with Crippen molar-refractivity contribution in [1.29, 1.82) is 0 Å². The molecule has 1 unspecified atom stereocenters. The Hall–Kier alpha value is -1.70. The molecule has 2 aliphatic heterocycles. The Morgan fingerprint density at radius 3 is 2.88 bits per heavy atom. The van der Waals surface area contributed by atoms with Gasteiger partial charge in [-0.15, -0.1) is 0 Å². The van der Waals surface area contributed by atoms with Gasteiger partial charge >= 0.3 is 6.03 Å². The monoisotopic (exact) mass is 347 g/mol. The summed E-state index contributed by atoms with van der Waals surface area (Å²) in [7, 11) is 0. The van der Waals surface area contributed by atoms with Crippen LogP contribution in [0.1, 0.15) is 12.0 Å². The molecule has 2 fully saturated rings. The molecule has 25 heavy (non-hydrogen) atoms. The number of anilines is 1. The second kappa shape index (κ2) is 9.12. The van der Waals surface area contributed by atoms with E-state index in [1.165, 1.54) is 0 Å². The molecule has 0 bridgehead atoms. The molecule has 1 aromatic rings. The number of hydrogen-bond acceptors (Lipinski definition) is 5. The minimum absolute atomic E-state index is 0.173. The van der Waals surface area contributed by atoms with Gasteiger partial charge in [0.05, 0.1) is 13.2 Å². The summed E-state index contributed by atoms with van der Waals surface area (Å²) in [4.78, 5) is 21.2. The standard InChI is InChI=1S/C18H29N5O2/c1-15-3-2-5-19-17(15)21-18(24)20-13-16-4-6-23(14-16)8-7-22-9-11-25-12-10-22/h2-3,5,16H,4,6-14H2,1H3,(H2,19,20,21,24). The highest BCUT2D eigenvalue weighted by Crippen LogP contribution is 2.15. The van der Waals surface area contributed by atoms with E-state index in [0.717, 1.165) is 64.5 Å². The highest BCUT2D eigenvalue weighted by atomic mass is 16.5. The van der Waals surface area contributed by atoms with Crippen LogP contribution in [0.5, 0.6) is 0 Å². The predicted octanol–water partition coefficient (Wildman–Crippen LogP) is 1.17. The molecule has 0 saturated carbocycles. The van der Waals surface area contributed by atoms with Crippen LogP contribution in [0, 0.1) is 12.8 Å². The van der Waals surface area contributed by atoms with Crippen LogP contribution in [0.2, 0.25) is 0 Å². The van der Waals surface area contributed by atoms with Gasteiger partial charge < -0.3 is 15.0 Å². The van der Waals surface area contributed by atoms with E-state index >= 15 is 0 Å². The van der Waals surface area contributed by atoms with E-state index in [-0.39, 0.29) is 6.03 Å². The van der Waals surface area contributed by atoms with Gasteiger partial charge in [0, 0.05) is 45.5 Å². The summed E-state index contributed by atoms with van der Waals surface area (Å²) in [6.45, 7) is 10.9. The third-order valence-corrected chi connectivity index (χ3v) is 5.00. The number of nitrogens with one attached hydrogen (secondary N) is 2. The first-order valence-corrected chi connectivity index (χ1v) is 9.19. The molecule has 0 aliphatic carbocycles. The first kappa shape index (κ1) is 18.1. The van der Waals surface area contributed by atoms with Gasteiger partial charge in [0.15, 0.2) is 0 Å². The molecule has 0 radical (unpaired) electrons. The third kappa shape index (κ3) is 5.66. The van der Waals surface area contributed by atoms with Crippen molar-refractivity contribution in [3.05, 3.63) is 23.9 Å². The van der Waals surface area contributed by atoms with Crippen molar-refractivity contribution in [3.63, 3.8) is 0 Å². The molecule has 2 aliphatic rings. The van der Waals surface area contributed by atoms with Crippen LogP contribution in [-0.4, -0.2) is 79.8 Å². The van der Waals surface area contributed by atoms with Gasteiger partial charge in [0.2, 0.25) is 0 Å². The van der Waals surface area contributed by atoms with Gasteiger partial charge in [-0.1, -0.05) is 6.07 Å². The zero-order valence-electron chi connectivity index (χ0n) is 15.0. The lowest BCUT2D eigenvalue weighted by molar-refractivity contribution is 0.0343. The molecule has 138 valence electrons. The minimum Gasteiger partial charge on any atom is -0.379 e. The number of aromatic nitrogens is 1. The van der Waals surface area contributed by atoms with Gasteiger partial charge in [-0.25, -0.2) is 9.78 Å². The van der Waals surface area contributed by atoms with Gasteiger partial charge in [0.1, 0.15) is 5.82 Å². The number of amides is 2.